The number of aromatic nitrogens is 3. The summed E-state index contributed by atoms with van der Waals surface area (Å²) in [6.45, 7) is 2.45. The van der Waals surface area contributed by atoms with Crippen LogP contribution in [0.3, 0.4) is 0 Å². The van der Waals surface area contributed by atoms with Crippen LogP contribution >= 0.6 is 0 Å². The SMILES string of the molecule is Cc1c(-c2nc3cc(CNCCO)c(OCc4cncc(C#N)c4)cc3o2)cccc1-c1cccc(-c2nc3cc(CN4CCC[C@H]4C(=O)O)c(OC(F)F)cc3o2)c1C. The summed E-state index contributed by atoms with van der Waals surface area (Å²) in [5.74, 6) is 0.217. The molecule has 0 radical (unpaired) electrons. The van der Waals surface area contributed by atoms with Gasteiger partial charge in [0.2, 0.25) is 11.8 Å². The van der Waals surface area contributed by atoms with Crippen molar-refractivity contribution >= 4 is 28.2 Å². The number of nitriles is 1. The fraction of sp³-hybridized carbons (Fsp3) is 0.267. The lowest BCUT2D eigenvalue weighted by molar-refractivity contribution is -0.142. The molecule has 15 heteroatoms. The summed E-state index contributed by atoms with van der Waals surface area (Å²) in [7, 11) is 0. The largest absolute Gasteiger partial charge is 0.488 e. The first-order chi connectivity index (χ1) is 29.1. The molecule has 4 heterocycles. The number of carboxylic acid groups (broad SMARTS) is 1. The zero-order valence-electron chi connectivity index (χ0n) is 32.7. The smallest absolute Gasteiger partial charge is 0.387 e. The van der Waals surface area contributed by atoms with Gasteiger partial charge in [-0.3, -0.25) is 14.7 Å². The molecule has 8 rings (SSSR count). The van der Waals surface area contributed by atoms with Gasteiger partial charge in [-0.05, 0) is 85.8 Å². The summed E-state index contributed by atoms with van der Waals surface area (Å²) in [5, 5.41) is 31.5. The van der Waals surface area contributed by atoms with E-state index in [-0.39, 0.29) is 37.0 Å². The highest BCUT2D eigenvalue weighted by atomic mass is 19.3. The van der Waals surface area contributed by atoms with Gasteiger partial charge in [0.1, 0.15) is 41.3 Å². The van der Waals surface area contributed by atoms with E-state index in [2.05, 4.69) is 16.4 Å². The first kappa shape index (κ1) is 40.1. The average Bonchev–Trinajstić information content (AvgIpc) is 3.99. The zero-order chi connectivity index (χ0) is 41.9. The van der Waals surface area contributed by atoms with Crippen LogP contribution in [0, 0.1) is 25.2 Å². The van der Waals surface area contributed by atoms with Crippen molar-refractivity contribution in [2.24, 2.45) is 0 Å². The standard InChI is InChI=1S/C45H40F2N6O7/c1-25-31(6-3-8-33(25)42-51-35-15-29(22-49-11-13-54)38(17-40(35)58-42)57-24-28-14-27(19-48)20-50-21-28)32-7-4-9-34(26(32)2)43-52-36-16-30(23-53-12-5-10-37(53)44(55)56)39(60-45(46)47)18-41(36)59-43/h3-4,6-9,14-18,20-21,37,45,49,54H,5,10-13,22-24H2,1-2H3,(H,55,56)/t37-/m0/s1. The topological polar surface area (TPSA) is 180 Å². The highest BCUT2D eigenvalue weighted by Gasteiger charge is 2.31. The van der Waals surface area contributed by atoms with Crippen LogP contribution < -0.4 is 14.8 Å². The van der Waals surface area contributed by atoms with Crippen molar-refractivity contribution in [3.63, 3.8) is 0 Å². The van der Waals surface area contributed by atoms with E-state index in [4.69, 9.17) is 28.3 Å². The van der Waals surface area contributed by atoms with Gasteiger partial charge in [0.15, 0.2) is 11.2 Å². The van der Waals surface area contributed by atoms with Crippen LogP contribution in [-0.2, 0) is 24.5 Å². The number of aliphatic hydroxyl groups excluding tert-OH is 1. The third kappa shape index (κ3) is 8.26. The quantitative estimate of drug-likeness (QED) is 0.0845. The summed E-state index contributed by atoms with van der Waals surface area (Å²) < 4.78 is 50.7. The number of ether oxygens (including phenoxy) is 2. The van der Waals surface area contributed by atoms with Gasteiger partial charge in [-0.15, -0.1) is 0 Å². The van der Waals surface area contributed by atoms with Crippen molar-refractivity contribution in [2.75, 3.05) is 19.7 Å². The molecule has 0 bridgehead atoms. The Labute approximate surface area is 342 Å². The van der Waals surface area contributed by atoms with E-state index in [1.54, 1.807) is 29.3 Å². The minimum Gasteiger partial charge on any atom is -0.488 e. The Morgan fingerprint density at radius 1 is 0.933 bits per heavy atom. The van der Waals surface area contributed by atoms with Crippen LogP contribution in [0.5, 0.6) is 11.5 Å². The number of oxazole rings is 2. The summed E-state index contributed by atoms with van der Waals surface area (Å²) in [5.41, 5.74) is 9.27. The number of carboxylic acids is 1. The Morgan fingerprint density at radius 2 is 1.57 bits per heavy atom. The van der Waals surface area contributed by atoms with Gasteiger partial charge in [-0.2, -0.15) is 14.0 Å². The molecule has 3 N–H and O–H groups in total. The molecule has 3 aromatic heterocycles. The van der Waals surface area contributed by atoms with Gasteiger partial charge in [0, 0.05) is 72.0 Å². The molecule has 1 aliphatic heterocycles. The van der Waals surface area contributed by atoms with Gasteiger partial charge in [0.25, 0.3) is 0 Å². The zero-order valence-corrected chi connectivity index (χ0v) is 32.7. The maximum Gasteiger partial charge on any atom is 0.387 e. The van der Waals surface area contributed by atoms with Gasteiger partial charge >= 0.3 is 12.6 Å². The molecule has 0 saturated carbocycles. The molecule has 0 amide bonds. The molecule has 0 spiro atoms. The summed E-state index contributed by atoms with van der Waals surface area (Å²) >= 11 is 0. The van der Waals surface area contributed by atoms with Crippen molar-refractivity contribution < 1.29 is 42.1 Å². The Balaban J connectivity index is 1.11. The number of aliphatic hydroxyl groups is 1. The number of aliphatic carboxylic acids is 1. The van der Waals surface area contributed by atoms with Gasteiger partial charge in [-0.1, -0.05) is 24.3 Å². The predicted molar refractivity (Wildman–Crippen MR) is 217 cm³/mol. The van der Waals surface area contributed by atoms with E-state index in [1.165, 1.54) is 12.3 Å². The fourth-order valence-corrected chi connectivity index (χ4v) is 7.75. The van der Waals surface area contributed by atoms with E-state index in [0.717, 1.165) is 38.9 Å². The molecule has 60 heavy (non-hydrogen) atoms. The first-order valence-corrected chi connectivity index (χ1v) is 19.4. The summed E-state index contributed by atoms with van der Waals surface area (Å²) in [6, 6.07) is 21.5. The van der Waals surface area contributed by atoms with E-state index < -0.39 is 18.6 Å². The number of likely N-dealkylation sites (tertiary alicyclic amines) is 1. The maximum atomic E-state index is 13.5. The molecular weight excluding hydrogens is 775 g/mol. The second-order valence-electron chi connectivity index (χ2n) is 14.6. The lowest BCUT2D eigenvalue weighted by Crippen LogP contribution is -2.35. The second-order valence-corrected chi connectivity index (χ2v) is 14.6. The highest BCUT2D eigenvalue weighted by molar-refractivity contribution is 5.85. The monoisotopic (exact) mass is 814 g/mol. The van der Waals surface area contributed by atoms with Gasteiger partial charge < -0.3 is 33.8 Å². The number of nitrogens with zero attached hydrogens (tertiary/aromatic N) is 5. The third-order valence-corrected chi connectivity index (χ3v) is 10.7. The summed E-state index contributed by atoms with van der Waals surface area (Å²) in [4.78, 5) is 27.3. The van der Waals surface area contributed by atoms with Crippen molar-refractivity contribution in [3.8, 4) is 51.6 Å². The molecule has 1 atom stereocenters. The molecule has 13 nitrogen and oxygen atoms in total. The van der Waals surface area contributed by atoms with Crippen molar-refractivity contribution in [3.05, 3.63) is 113 Å². The Bertz CT molecular complexity index is 2760. The Hall–Kier alpha value is -6.73. The number of hydrogen-bond donors (Lipinski definition) is 3. The van der Waals surface area contributed by atoms with Crippen LogP contribution in [0.2, 0.25) is 0 Å². The lowest BCUT2D eigenvalue weighted by atomic mass is 9.91. The third-order valence-electron chi connectivity index (χ3n) is 10.7. The minimum absolute atomic E-state index is 0.0243. The van der Waals surface area contributed by atoms with E-state index >= 15 is 0 Å². The lowest BCUT2D eigenvalue weighted by Gasteiger charge is -2.22. The van der Waals surface area contributed by atoms with Gasteiger partial charge in [0.05, 0.1) is 12.2 Å². The molecule has 0 aliphatic carbocycles. The van der Waals surface area contributed by atoms with E-state index in [1.807, 2.05) is 56.3 Å². The molecular formula is C45H40F2N6O7. The molecule has 306 valence electrons. The van der Waals surface area contributed by atoms with Crippen LogP contribution in [0.1, 0.15) is 46.2 Å². The van der Waals surface area contributed by atoms with Crippen LogP contribution in [0.4, 0.5) is 8.78 Å². The van der Waals surface area contributed by atoms with Crippen LogP contribution in [0.15, 0.2) is 88.0 Å². The molecule has 1 fully saturated rings. The highest BCUT2D eigenvalue weighted by Crippen LogP contribution is 2.40. The Kier molecular flexibility index (Phi) is 11.5. The number of carbonyl (C=O) groups is 1. The predicted octanol–water partition coefficient (Wildman–Crippen LogP) is 8.16. The molecule has 1 saturated heterocycles. The van der Waals surface area contributed by atoms with E-state index in [9.17, 15) is 29.1 Å². The van der Waals surface area contributed by atoms with Crippen molar-refractivity contribution in [1.29, 1.82) is 5.26 Å². The summed E-state index contributed by atoms with van der Waals surface area (Å²) in [6.07, 6.45) is 4.30. The Morgan fingerprint density at radius 3 is 2.18 bits per heavy atom. The number of alkyl halides is 2. The normalized spacial score (nSPS) is 14.3. The number of benzene rings is 4. The second kappa shape index (κ2) is 17.2. The molecule has 7 aromatic rings. The van der Waals surface area contributed by atoms with Crippen LogP contribution in [0.25, 0.3) is 56.2 Å². The number of hydrogen-bond acceptors (Lipinski definition) is 12. The average molecular weight is 815 g/mol. The number of halogens is 2. The molecule has 4 aromatic carbocycles. The van der Waals surface area contributed by atoms with Crippen molar-refractivity contribution in [1.82, 2.24) is 25.2 Å². The first-order valence-electron chi connectivity index (χ1n) is 19.4. The fourth-order valence-electron chi connectivity index (χ4n) is 7.75. The number of pyridine rings is 1. The minimum atomic E-state index is -3.09. The van der Waals surface area contributed by atoms with E-state index in [0.29, 0.717) is 77.4 Å². The van der Waals surface area contributed by atoms with Gasteiger partial charge in [-0.25, -0.2) is 9.97 Å². The maximum absolute atomic E-state index is 13.5. The number of nitrogens with one attached hydrogen (secondary N) is 1. The number of rotatable bonds is 15. The van der Waals surface area contributed by atoms with Crippen LogP contribution in [-0.4, -0.2) is 68.4 Å². The van der Waals surface area contributed by atoms with Crippen molar-refractivity contribution in [2.45, 2.75) is 59.0 Å². The molecule has 0 unspecified atom stereocenters. The molecule has 1 aliphatic rings. The number of fused-ring (bicyclic) bond motifs is 2.